The van der Waals surface area contributed by atoms with E-state index in [1.54, 1.807) is 0 Å². The minimum absolute atomic E-state index is 0.125. The Morgan fingerprint density at radius 2 is 2.06 bits per heavy atom. The van der Waals surface area contributed by atoms with Crippen molar-refractivity contribution in [3.8, 4) is 0 Å². The van der Waals surface area contributed by atoms with Gasteiger partial charge in [0.05, 0.1) is 6.20 Å². The molecule has 1 aromatic rings. The molecule has 1 amide bonds. The summed E-state index contributed by atoms with van der Waals surface area (Å²) < 4.78 is 0. The Balaban J connectivity index is 1.92. The maximum atomic E-state index is 11.8. The molecule has 0 aromatic carbocycles. The number of hydrogen-bond donors (Lipinski definition) is 2. The number of rotatable bonds is 2. The summed E-state index contributed by atoms with van der Waals surface area (Å²) in [5.74, 6) is 1.25. The molecule has 0 spiro atoms. The molecule has 5 nitrogen and oxygen atoms in total. The number of aromatic nitrogens is 3. The summed E-state index contributed by atoms with van der Waals surface area (Å²) in [6, 6.07) is 0.281. The SMILES string of the molecule is CC1CC(C)CC(NC(=O)c2cn[nH]n2)C1. The first kappa shape index (κ1) is 11.1. The van der Waals surface area contributed by atoms with Gasteiger partial charge in [-0.15, -0.1) is 0 Å². The molecule has 2 atom stereocenters. The number of H-pyrrole nitrogens is 1. The number of nitrogens with zero attached hydrogens (tertiary/aromatic N) is 2. The third-order valence-electron chi connectivity index (χ3n) is 3.16. The average molecular weight is 222 g/mol. The van der Waals surface area contributed by atoms with Crippen LogP contribution >= 0.6 is 0 Å². The summed E-state index contributed by atoms with van der Waals surface area (Å²) in [5, 5.41) is 12.9. The zero-order valence-corrected chi connectivity index (χ0v) is 9.73. The van der Waals surface area contributed by atoms with E-state index in [9.17, 15) is 4.79 Å². The monoisotopic (exact) mass is 222 g/mol. The van der Waals surface area contributed by atoms with Crippen LogP contribution in [0.15, 0.2) is 6.20 Å². The quantitative estimate of drug-likeness (QED) is 0.793. The van der Waals surface area contributed by atoms with Crippen molar-refractivity contribution in [2.24, 2.45) is 11.8 Å². The highest BCUT2D eigenvalue weighted by molar-refractivity contribution is 5.91. The molecule has 0 bridgehead atoms. The molecule has 2 unspecified atom stereocenters. The van der Waals surface area contributed by atoms with Crippen molar-refractivity contribution in [3.05, 3.63) is 11.9 Å². The van der Waals surface area contributed by atoms with Gasteiger partial charge in [-0.25, -0.2) is 0 Å². The standard InChI is InChI=1S/C11H18N4O/c1-7-3-8(2)5-9(4-7)13-11(16)10-6-12-15-14-10/h6-9H,3-5H2,1-2H3,(H,13,16)(H,12,14,15). The van der Waals surface area contributed by atoms with Crippen LogP contribution in [0.1, 0.15) is 43.6 Å². The maximum Gasteiger partial charge on any atom is 0.273 e. The molecule has 0 saturated heterocycles. The van der Waals surface area contributed by atoms with Crippen LogP contribution in [0.2, 0.25) is 0 Å². The van der Waals surface area contributed by atoms with Crippen molar-refractivity contribution >= 4 is 5.91 Å². The van der Waals surface area contributed by atoms with Crippen LogP contribution in [-0.2, 0) is 0 Å². The molecular weight excluding hydrogens is 204 g/mol. The average Bonchev–Trinajstić information content (AvgIpc) is 2.68. The van der Waals surface area contributed by atoms with Crippen molar-refractivity contribution in [1.82, 2.24) is 20.7 Å². The molecule has 16 heavy (non-hydrogen) atoms. The molecule has 0 aliphatic heterocycles. The minimum atomic E-state index is -0.125. The molecule has 1 heterocycles. The highest BCUT2D eigenvalue weighted by Gasteiger charge is 2.25. The highest BCUT2D eigenvalue weighted by atomic mass is 16.2. The summed E-state index contributed by atoms with van der Waals surface area (Å²) in [4.78, 5) is 11.8. The molecule has 1 saturated carbocycles. The van der Waals surface area contributed by atoms with E-state index >= 15 is 0 Å². The van der Waals surface area contributed by atoms with Crippen molar-refractivity contribution in [3.63, 3.8) is 0 Å². The Bertz CT molecular complexity index is 339. The van der Waals surface area contributed by atoms with Crippen LogP contribution in [0, 0.1) is 11.8 Å². The molecular formula is C11H18N4O. The van der Waals surface area contributed by atoms with E-state index < -0.39 is 0 Å². The van der Waals surface area contributed by atoms with Gasteiger partial charge in [-0.1, -0.05) is 13.8 Å². The summed E-state index contributed by atoms with van der Waals surface area (Å²) in [6.45, 7) is 4.48. The first-order chi connectivity index (χ1) is 7.65. The number of hydrogen-bond acceptors (Lipinski definition) is 3. The predicted octanol–water partition coefficient (Wildman–Crippen LogP) is 1.36. The first-order valence-electron chi connectivity index (χ1n) is 5.81. The topological polar surface area (TPSA) is 70.7 Å². The van der Waals surface area contributed by atoms with Gasteiger partial charge >= 0.3 is 0 Å². The number of carbonyl (C=O) groups excluding carboxylic acids is 1. The first-order valence-corrected chi connectivity index (χ1v) is 5.81. The summed E-state index contributed by atoms with van der Waals surface area (Å²) in [7, 11) is 0. The lowest BCUT2D eigenvalue weighted by Crippen LogP contribution is -2.40. The third kappa shape index (κ3) is 2.59. The lowest BCUT2D eigenvalue weighted by atomic mass is 9.80. The van der Waals surface area contributed by atoms with E-state index in [-0.39, 0.29) is 11.9 Å². The summed E-state index contributed by atoms with van der Waals surface area (Å²) in [6.07, 6.45) is 4.84. The fraction of sp³-hybridized carbons (Fsp3) is 0.727. The fourth-order valence-corrected chi connectivity index (χ4v) is 2.64. The van der Waals surface area contributed by atoms with E-state index in [1.807, 2.05) is 0 Å². The second-order valence-electron chi connectivity index (χ2n) is 4.94. The molecule has 1 aromatic heterocycles. The van der Waals surface area contributed by atoms with Crippen molar-refractivity contribution in [2.75, 3.05) is 0 Å². The van der Waals surface area contributed by atoms with Gasteiger partial charge in [-0.3, -0.25) is 4.79 Å². The Labute approximate surface area is 95.0 Å². The van der Waals surface area contributed by atoms with Crippen molar-refractivity contribution in [2.45, 2.75) is 39.2 Å². The Hall–Kier alpha value is -1.39. The van der Waals surface area contributed by atoms with E-state index in [2.05, 4.69) is 34.6 Å². The maximum absolute atomic E-state index is 11.8. The lowest BCUT2D eigenvalue weighted by Gasteiger charge is -2.31. The van der Waals surface area contributed by atoms with Crippen molar-refractivity contribution < 1.29 is 4.79 Å². The fourth-order valence-electron chi connectivity index (χ4n) is 2.64. The van der Waals surface area contributed by atoms with Crippen LogP contribution in [0.25, 0.3) is 0 Å². The zero-order valence-electron chi connectivity index (χ0n) is 9.73. The molecule has 1 fully saturated rings. The Morgan fingerprint density at radius 1 is 1.38 bits per heavy atom. The predicted molar refractivity (Wildman–Crippen MR) is 59.8 cm³/mol. The van der Waals surface area contributed by atoms with Crippen LogP contribution in [0.3, 0.4) is 0 Å². The van der Waals surface area contributed by atoms with Gasteiger partial charge in [0, 0.05) is 6.04 Å². The second-order valence-corrected chi connectivity index (χ2v) is 4.94. The van der Waals surface area contributed by atoms with Gasteiger partial charge in [0.1, 0.15) is 0 Å². The van der Waals surface area contributed by atoms with Crippen molar-refractivity contribution in [1.29, 1.82) is 0 Å². The number of aromatic amines is 1. The molecule has 88 valence electrons. The lowest BCUT2D eigenvalue weighted by molar-refractivity contribution is 0.0906. The van der Waals surface area contributed by atoms with Crippen LogP contribution in [0.4, 0.5) is 0 Å². The molecule has 1 aliphatic carbocycles. The summed E-state index contributed by atoms with van der Waals surface area (Å²) >= 11 is 0. The second kappa shape index (κ2) is 4.63. The van der Waals surface area contributed by atoms with Gasteiger partial charge in [-0.2, -0.15) is 15.4 Å². The molecule has 1 aliphatic rings. The smallest absolute Gasteiger partial charge is 0.273 e. The Morgan fingerprint density at radius 3 is 2.62 bits per heavy atom. The molecule has 5 heteroatoms. The Kier molecular flexibility index (Phi) is 3.22. The van der Waals surface area contributed by atoms with Gasteiger partial charge in [-0.05, 0) is 31.1 Å². The molecule has 2 rings (SSSR count). The number of amides is 1. The molecule has 0 radical (unpaired) electrons. The van der Waals surface area contributed by atoms with Crippen LogP contribution < -0.4 is 5.32 Å². The van der Waals surface area contributed by atoms with Gasteiger partial charge in [0.25, 0.3) is 5.91 Å². The number of nitrogens with one attached hydrogen (secondary N) is 2. The summed E-state index contributed by atoms with van der Waals surface area (Å²) in [5.41, 5.74) is 0.367. The van der Waals surface area contributed by atoms with Crippen LogP contribution in [0.5, 0.6) is 0 Å². The van der Waals surface area contributed by atoms with Crippen LogP contribution in [-0.4, -0.2) is 27.4 Å². The molecule has 2 N–H and O–H groups in total. The normalized spacial score (nSPS) is 30.0. The van der Waals surface area contributed by atoms with E-state index in [0.717, 1.165) is 12.8 Å². The number of carbonyl (C=O) groups is 1. The largest absolute Gasteiger partial charge is 0.348 e. The van der Waals surface area contributed by atoms with E-state index in [1.165, 1.54) is 12.6 Å². The third-order valence-corrected chi connectivity index (χ3v) is 3.16. The van der Waals surface area contributed by atoms with Gasteiger partial charge in [0.15, 0.2) is 5.69 Å². The minimum Gasteiger partial charge on any atom is -0.348 e. The highest BCUT2D eigenvalue weighted by Crippen LogP contribution is 2.28. The zero-order chi connectivity index (χ0) is 11.5. The van der Waals surface area contributed by atoms with E-state index in [4.69, 9.17) is 0 Å². The van der Waals surface area contributed by atoms with Gasteiger partial charge < -0.3 is 5.32 Å². The van der Waals surface area contributed by atoms with E-state index in [0.29, 0.717) is 17.5 Å². The van der Waals surface area contributed by atoms with Gasteiger partial charge in [0.2, 0.25) is 0 Å².